The molecule has 0 aliphatic carbocycles. The third-order valence-corrected chi connectivity index (χ3v) is 4.05. The fraction of sp³-hybridized carbons (Fsp3) is 0.600. The van der Waals surface area contributed by atoms with Crippen LogP contribution in [0.3, 0.4) is 0 Å². The van der Waals surface area contributed by atoms with E-state index in [1.807, 2.05) is 17.0 Å². The van der Waals surface area contributed by atoms with Gasteiger partial charge in [0.25, 0.3) is 0 Å². The van der Waals surface area contributed by atoms with Crippen LogP contribution in [0.25, 0.3) is 0 Å². The van der Waals surface area contributed by atoms with Crippen molar-refractivity contribution in [2.75, 3.05) is 39.9 Å². The third-order valence-electron chi connectivity index (χ3n) is 4.05. The zero-order chi connectivity index (χ0) is 13.9. The van der Waals surface area contributed by atoms with Crippen molar-refractivity contribution in [3.8, 4) is 0 Å². The Labute approximate surface area is 119 Å². The first kappa shape index (κ1) is 13.5. The van der Waals surface area contributed by atoms with Crippen molar-refractivity contribution in [3.05, 3.63) is 30.1 Å². The van der Waals surface area contributed by atoms with Crippen molar-refractivity contribution in [2.24, 2.45) is 5.92 Å². The molecule has 0 saturated carbocycles. The largest absolute Gasteiger partial charge is 0.379 e. The van der Waals surface area contributed by atoms with Crippen LogP contribution in [0.2, 0.25) is 0 Å². The molecule has 2 atom stereocenters. The number of amides is 1. The number of ether oxygens (including phenoxy) is 1. The maximum atomic E-state index is 12.6. The fourth-order valence-corrected chi connectivity index (χ4v) is 3.16. The zero-order valence-electron chi connectivity index (χ0n) is 11.9. The Morgan fingerprint density at radius 2 is 2.30 bits per heavy atom. The van der Waals surface area contributed by atoms with Gasteiger partial charge in [-0.25, -0.2) is 0 Å². The molecule has 5 nitrogen and oxygen atoms in total. The Kier molecular flexibility index (Phi) is 3.98. The molecule has 3 heterocycles. The molecule has 2 aliphatic rings. The molecule has 2 bridgehead atoms. The van der Waals surface area contributed by atoms with E-state index < -0.39 is 0 Å². The lowest BCUT2D eigenvalue weighted by Gasteiger charge is -2.29. The summed E-state index contributed by atoms with van der Waals surface area (Å²) in [6, 6.07) is 4.01. The predicted octanol–water partition coefficient (Wildman–Crippen LogP) is 0.413. The summed E-state index contributed by atoms with van der Waals surface area (Å²) >= 11 is 0. The van der Waals surface area contributed by atoms with Gasteiger partial charge in [-0.1, -0.05) is 6.07 Å². The van der Waals surface area contributed by atoms with Gasteiger partial charge in [0.05, 0.1) is 25.7 Å². The SMILES string of the molecule is CN1C[C@@H]2COC[C@H](C1)N(C(=O)Cc1cccnc1)C2. The number of nitrogens with zero attached hydrogens (tertiary/aromatic N) is 3. The van der Waals surface area contributed by atoms with E-state index in [0.717, 1.165) is 31.8 Å². The molecule has 0 aromatic carbocycles. The zero-order valence-corrected chi connectivity index (χ0v) is 11.9. The average molecular weight is 275 g/mol. The monoisotopic (exact) mass is 275 g/mol. The van der Waals surface area contributed by atoms with Crippen LogP contribution >= 0.6 is 0 Å². The highest BCUT2D eigenvalue weighted by Crippen LogP contribution is 2.19. The van der Waals surface area contributed by atoms with Crippen LogP contribution < -0.4 is 0 Å². The van der Waals surface area contributed by atoms with Gasteiger partial charge < -0.3 is 14.5 Å². The summed E-state index contributed by atoms with van der Waals surface area (Å²) in [5.41, 5.74) is 0.977. The number of hydrogen-bond acceptors (Lipinski definition) is 4. The van der Waals surface area contributed by atoms with E-state index in [4.69, 9.17) is 4.74 Å². The number of carbonyl (C=O) groups is 1. The minimum atomic E-state index is 0.177. The normalized spacial score (nSPS) is 27.1. The van der Waals surface area contributed by atoms with Crippen LogP contribution in [-0.4, -0.2) is 66.6 Å². The molecule has 5 heteroatoms. The van der Waals surface area contributed by atoms with Crippen LogP contribution in [-0.2, 0) is 16.0 Å². The van der Waals surface area contributed by atoms with Gasteiger partial charge in [0.2, 0.25) is 5.91 Å². The quantitative estimate of drug-likeness (QED) is 0.784. The van der Waals surface area contributed by atoms with Gasteiger partial charge >= 0.3 is 0 Å². The van der Waals surface area contributed by atoms with Crippen LogP contribution in [0.4, 0.5) is 0 Å². The first-order valence-corrected chi connectivity index (χ1v) is 7.17. The van der Waals surface area contributed by atoms with Crippen molar-refractivity contribution in [3.63, 3.8) is 0 Å². The molecular formula is C15H21N3O2. The third kappa shape index (κ3) is 2.99. The van der Waals surface area contributed by atoms with Crippen molar-refractivity contribution in [2.45, 2.75) is 12.5 Å². The molecule has 0 radical (unpaired) electrons. The first-order chi connectivity index (χ1) is 9.72. The van der Waals surface area contributed by atoms with Gasteiger partial charge in [0, 0.05) is 37.9 Å². The molecule has 2 saturated heterocycles. The molecule has 3 rings (SSSR count). The second-order valence-electron chi connectivity index (χ2n) is 5.86. The molecule has 1 amide bonds. The Morgan fingerprint density at radius 1 is 1.40 bits per heavy atom. The van der Waals surface area contributed by atoms with E-state index >= 15 is 0 Å². The predicted molar refractivity (Wildman–Crippen MR) is 75.2 cm³/mol. The number of aromatic nitrogens is 1. The summed E-state index contributed by atoms with van der Waals surface area (Å²) in [5, 5.41) is 0. The fourth-order valence-electron chi connectivity index (χ4n) is 3.16. The lowest BCUT2D eigenvalue weighted by Crippen LogP contribution is -2.46. The van der Waals surface area contributed by atoms with Gasteiger partial charge in [-0.05, 0) is 18.7 Å². The van der Waals surface area contributed by atoms with E-state index in [0.29, 0.717) is 18.9 Å². The second-order valence-corrected chi connectivity index (χ2v) is 5.86. The highest BCUT2D eigenvalue weighted by molar-refractivity contribution is 5.79. The van der Waals surface area contributed by atoms with Gasteiger partial charge in [0.15, 0.2) is 0 Å². The molecule has 0 spiro atoms. The molecule has 108 valence electrons. The van der Waals surface area contributed by atoms with Crippen molar-refractivity contribution in [1.82, 2.24) is 14.8 Å². The van der Waals surface area contributed by atoms with Gasteiger partial charge in [-0.15, -0.1) is 0 Å². The summed E-state index contributed by atoms with van der Waals surface area (Å²) in [5.74, 6) is 0.610. The molecule has 20 heavy (non-hydrogen) atoms. The topological polar surface area (TPSA) is 45.7 Å². The molecule has 2 fully saturated rings. The first-order valence-electron chi connectivity index (χ1n) is 7.17. The van der Waals surface area contributed by atoms with Crippen molar-refractivity contribution in [1.29, 1.82) is 0 Å². The van der Waals surface area contributed by atoms with Crippen LogP contribution in [0, 0.1) is 5.92 Å². The van der Waals surface area contributed by atoms with E-state index in [9.17, 15) is 4.79 Å². The summed E-state index contributed by atoms with van der Waals surface area (Å²) in [6.07, 6.45) is 3.93. The maximum absolute atomic E-state index is 12.6. The number of rotatable bonds is 2. The summed E-state index contributed by atoms with van der Waals surface area (Å²) < 4.78 is 5.71. The highest BCUT2D eigenvalue weighted by atomic mass is 16.5. The summed E-state index contributed by atoms with van der Waals surface area (Å²) in [7, 11) is 2.13. The lowest BCUT2D eigenvalue weighted by molar-refractivity contribution is -0.133. The molecule has 1 aromatic rings. The van der Waals surface area contributed by atoms with Crippen LogP contribution in [0.15, 0.2) is 24.5 Å². The number of hydrogen-bond donors (Lipinski definition) is 0. The van der Waals surface area contributed by atoms with Gasteiger partial charge in [-0.3, -0.25) is 9.78 Å². The Balaban J connectivity index is 1.73. The molecule has 0 N–H and O–H groups in total. The van der Waals surface area contributed by atoms with Crippen molar-refractivity contribution >= 4 is 5.91 Å². The Bertz CT molecular complexity index is 465. The molecule has 1 aromatic heterocycles. The maximum Gasteiger partial charge on any atom is 0.227 e. The highest BCUT2D eigenvalue weighted by Gasteiger charge is 2.34. The molecule has 0 unspecified atom stereocenters. The summed E-state index contributed by atoms with van der Waals surface area (Å²) in [4.78, 5) is 21.0. The van der Waals surface area contributed by atoms with Gasteiger partial charge in [0.1, 0.15) is 0 Å². The smallest absolute Gasteiger partial charge is 0.227 e. The number of pyridine rings is 1. The summed E-state index contributed by atoms with van der Waals surface area (Å²) in [6.45, 7) is 4.13. The second kappa shape index (κ2) is 5.89. The molecular weight excluding hydrogens is 254 g/mol. The Morgan fingerprint density at radius 3 is 3.10 bits per heavy atom. The van der Waals surface area contributed by atoms with Crippen LogP contribution in [0.1, 0.15) is 5.56 Å². The van der Waals surface area contributed by atoms with E-state index in [1.54, 1.807) is 12.4 Å². The van der Waals surface area contributed by atoms with E-state index in [2.05, 4.69) is 16.9 Å². The van der Waals surface area contributed by atoms with Crippen LogP contribution in [0.5, 0.6) is 0 Å². The number of likely N-dealkylation sites (N-methyl/N-ethyl adjacent to an activating group) is 1. The molecule has 2 aliphatic heterocycles. The average Bonchev–Trinajstić information content (AvgIpc) is 2.70. The minimum absolute atomic E-state index is 0.177. The lowest BCUT2D eigenvalue weighted by atomic mass is 10.1. The van der Waals surface area contributed by atoms with E-state index in [-0.39, 0.29) is 11.9 Å². The number of fused-ring (bicyclic) bond motifs is 3. The standard InChI is InChI=1S/C15H21N3O2/c1-17-7-13-8-18(14(9-17)11-20-10-13)15(19)5-12-3-2-4-16-6-12/h2-4,6,13-14H,5,7-11H2,1H3/t13-,14-/m0/s1. The minimum Gasteiger partial charge on any atom is -0.379 e. The van der Waals surface area contributed by atoms with Gasteiger partial charge in [-0.2, -0.15) is 0 Å². The number of carbonyl (C=O) groups excluding carboxylic acids is 1. The Hall–Kier alpha value is -1.46. The van der Waals surface area contributed by atoms with E-state index in [1.165, 1.54) is 0 Å². The van der Waals surface area contributed by atoms with Crippen molar-refractivity contribution < 1.29 is 9.53 Å².